The predicted molar refractivity (Wildman–Crippen MR) is 70.4 cm³/mol. The minimum atomic E-state index is 0.174. The van der Waals surface area contributed by atoms with E-state index in [1.807, 2.05) is 0 Å². The van der Waals surface area contributed by atoms with Gasteiger partial charge in [0.15, 0.2) is 0 Å². The van der Waals surface area contributed by atoms with E-state index < -0.39 is 0 Å². The topological polar surface area (TPSA) is 72.6 Å². The Morgan fingerprint density at radius 2 is 2.05 bits per heavy atom. The maximum atomic E-state index is 5.98. The molecule has 1 unspecified atom stereocenters. The van der Waals surface area contributed by atoms with Crippen molar-refractivity contribution in [3.8, 4) is 5.95 Å². The number of anilines is 1. The van der Waals surface area contributed by atoms with Gasteiger partial charge in [-0.1, -0.05) is 0 Å². The highest BCUT2D eigenvalue weighted by Crippen LogP contribution is 2.22. The number of halogens is 1. The fourth-order valence-electron chi connectivity index (χ4n) is 2.27. The zero-order valence-electron chi connectivity index (χ0n) is 10.6. The maximum Gasteiger partial charge on any atom is 0.258 e. The molecule has 0 aromatic carbocycles. The van der Waals surface area contributed by atoms with Gasteiger partial charge in [0.2, 0.25) is 11.2 Å². The van der Waals surface area contributed by atoms with E-state index in [0.29, 0.717) is 17.9 Å². The molecule has 7 nitrogen and oxygen atoms in total. The molecule has 1 aliphatic heterocycles. The molecule has 0 saturated carbocycles. The molecule has 1 saturated heterocycles. The van der Waals surface area contributed by atoms with E-state index in [1.54, 1.807) is 0 Å². The Bertz CT molecular complexity index is 556. The Morgan fingerprint density at radius 1 is 1.21 bits per heavy atom. The van der Waals surface area contributed by atoms with Crippen LogP contribution in [-0.2, 0) is 0 Å². The van der Waals surface area contributed by atoms with Crippen molar-refractivity contribution in [3.05, 3.63) is 17.9 Å². The fourth-order valence-corrected chi connectivity index (χ4v) is 2.42. The summed E-state index contributed by atoms with van der Waals surface area (Å²) in [5, 5.41) is 4.18. The number of nitrogens with zero attached hydrogens (tertiary/aromatic N) is 7. The largest absolute Gasteiger partial charge is 0.338 e. The zero-order valence-corrected chi connectivity index (χ0v) is 11.3. The summed E-state index contributed by atoms with van der Waals surface area (Å²) >= 11 is 5.98. The van der Waals surface area contributed by atoms with Crippen LogP contribution >= 0.6 is 11.6 Å². The Labute approximate surface area is 115 Å². The van der Waals surface area contributed by atoms with Crippen LogP contribution < -0.4 is 4.90 Å². The average molecular weight is 280 g/mol. The summed E-state index contributed by atoms with van der Waals surface area (Å²) in [7, 11) is 0. The van der Waals surface area contributed by atoms with Crippen LogP contribution in [0.25, 0.3) is 5.95 Å². The van der Waals surface area contributed by atoms with Crippen LogP contribution in [0.4, 0.5) is 5.95 Å². The summed E-state index contributed by atoms with van der Waals surface area (Å²) in [6, 6.07) is 0.413. The maximum absolute atomic E-state index is 5.98. The first kappa shape index (κ1) is 12.3. The number of hydrogen-bond donors (Lipinski definition) is 0. The lowest BCUT2D eigenvalue weighted by atomic mass is 10.0. The van der Waals surface area contributed by atoms with Crippen molar-refractivity contribution in [1.82, 2.24) is 29.7 Å². The lowest BCUT2D eigenvalue weighted by molar-refractivity contribution is 0.476. The van der Waals surface area contributed by atoms with Gasteiger partial charge in [0.25, 0.3) is 5.95 Å². The molecule has 3 heterocycles. The molecule has 1 atom stereocenters. The number of piperidine rings is 1. The van der Waals surface area contributed by atoms with Gasteiger partial charge in [0.05, 0.1) is 0 Å². The predicted octanol–water partition coefficient (Wildman–Crippen LogP) is 1.48. The quantitative estimate of drug-likeness (QED) is 0.829. The van der Waals surface area contributed by atoms with Crippen molar-refractivity contribution in [1.29, 1.82) is 0 Å². The Morgan fingerprint density at radius 3 is 2.79 bits per heavy atom. The minimum Gasteiger partial charge on any atom is -0.338 e. The van der Waals surface area contributed by atoms with E-state index in [1.165, 1.54) is 23.8 Å². The lowest BCUT2D eigenvalue weighted by Gasteiger charge is -2.33. The Hall–Kier alpha value is -1.76. The Kier molecular flexibility index (Phi) is 3.29. The van der Waals surface area contributed by atoms with E-state index in [9.17, 15) is 0 Å². The molecule has 3 rings (SSSR count). The van der Waals surface area contributed by atoms with Gasteiger partial charge in [-0.3, -0.25) is 0 Å². The monoisotopic (exact) mass is 279 g/mol. The van der Waals surface area contributed by atoms with Crippen LogP contribution in [0.3, 0.4) is 0 Å². The molecule has 100 valence electrons. The zero-order chi connectivity index (χ0) is 13.2. The summed E-state index contributed by atoms with van der Waals surface area (Å²) in [6.45, 7) is 3.12. The molecule has 0 amide bonds. The van der Waals surface area contributed by atoms with E-state index in [2.05, 4.69) is 36.9 Å². The Balaban J connectivity index is 1.97. The van der Waals surface area contributed by atoms with E-state index >= 15 is 0 Å². The van der Waals surface area contributed by atoms with Gasteiger partial charge in [-0.05, 0) is 37.8 Å². The molecule has 2 aromatic heterocycles. The van der Waals surface area contributed by atoms with Crippen LogP contribution in [0.15, 0.2) is 12.7 Å². The van der Waals surface area contributed by atoms with Crippen molar-refractivity contribution in [3.63, 3.8) is 0 Å². The van der Waals surface area contributed by atoms with Gasteiger partial charge in [-0.25, -0.2) is 4.98 Å². The number of aromatic nitrogens is 6. The van der Waals surface area contributed by atoms with Crippen molar-refractivity contribution < 1.29 is 0 Å². The highest BCUT2D eigenvalue weighted by molar-refractivity contribution is 6.28. The average Bonchev–Trinajstić information content (AvgIpc) is 2.92. The molecule has 1 fully saturated rings. The number of hydrogen-bond acceptors (Lipinski definition) is 6. The standard InChI is InChI=1S/C11H14ClN7/c1-8-4-2-3-5-18(8)10-15-9(12)16-11(17-10)19-7-13-6-14-19/h6-8H,2-5H2,1H3. The second-order valence-electron chi connectivity index (χ2n) is 4.58. The van der Waals surface area contributed by atoms with Gasteiger partial charge >= 0.3 is 0 Å². The molecule has 8 heteroatoms. The summed E-state index contributed by atoms with van der Waals surface area (Å²) in [4.78, 5) is 18.8. The van der Waals surface area contributed by atoms with Gasteiger partial charge in [-0.2, -0.15) is 24.7 Å². The highest BCUT2D eigenvalue weighted by Gasteiger charge is 2.22. The summed E-state index contributed by atoms with van der Waals surface area (Å²) < 4.78 is 1.48. The molecule has 1 aliphatic rings. The highest BCUT2D eigenvalue weighted by atomic mass is 35.5. The second kappa shape index (κ2) is 5.08. The van der Waals surface area contributed by atoms with Crippen LogP contribution in [0.2, 0.25) is 5.28 Å². The van der Waals surface area contributed by atoms with Crippen molar-refractivity contribution in [2.24, 2.45) is 0 Å². The minimum absolute atomic E-state index is 0.174. The van der Waals surface area contributed by atoms with Crippen LogP contribution in [0.5, 0.6) is 0 Å². The first-order chi connectivity index (χ1) is 9.24. The lowest BCUT2D eigenvalue weighted by Crippen LogP contribution is -2.38. The summed E-state index contributed by atoms with van der Waals surface area (Å²) in [6.07, 6.45) is 6.50. The molecular weight excluding hydrogens is 266 g/mol. The second-order valence-corrected chi connectivity index (χ2v) is 4.92. The molecule has 0 radical (unpaired) electrons. The van der Waals surface area contributed by atoms with Crippen LogP contribution in [0.1, 0.15) is 26.2 Å². The molecule has 0 aliphatic carbocycles. The molecule has 0 spiro atoms. The van der Waals surface area contributed by atoms with Crippen molar-refractivity contribution >= 4 is 17.5 Å². The molecular formula is C11H14ClN7. The third-order valence-corrected chi connectivity index (χ3v) is 3.44. The van der Waals surface area contributed by atoms with Crippen LogP contribution in [-0.4, -0.2) is 42.3 Å². The van der Waals surface area contributed by atoms with Gasteiger partial charge in [0.1, 0.15) is 12.7 Å². The molecule has 0 bridgehead atoms. The van der Waals surface area contributed by atoms with Crippen molar-refractivity contribution in [2.45, 2.75) is 32.2 Å². The van der Waals surface area contributed by atoms with Gasteiger partial charge in [0, 0.05) is 12.6 Å². The summed E-state index contributed by atoms with van der Waals surface area (Å²) in [5.74, 6) is 1.00. The number of rotatable bonds is 2. The van der Waals surface area contributed by atoms with Gasteiger partial charge in [-0.15, -0.1) is 0 Å². The van der Waals surface area contributed by atoms with E-state index in [0.717, 1.165) is 19.4 Å². The third-order valence-electron chi connectivity index (χ3n) is 3.27. The van der Waals surface area contributed by atoms with Gasteiger partial charge < -0.3 is 4.90 Å². The summed E-state index contributed by atoms with van der Waals surface area (Å²) in [5.41, 5.74) is 0. The first-order valence-corrected chi connectivity index (χ1v) is 6.65. The smallest absolute Gasteiger partial charge is 0.258 e. The third kappa shape index (κ3) is 2.51. The normalized spacial score (nSPS) is 19.7. The SMILES string of the molecule is CC1CCCCN1c1nc(Cl)nc(-n2cncn2)n1. The van der Waals surface area contributed by atoms with E-state index in [4.69, 9.17) is 11.6 Å². The van der Waals surface area contributed by atoms with Crippen molar-refractivity contribution in [2.75, 3.05) is 11.4 Å². The van der Waals surface area contributed by atoms with E-state index in [-0.39, 0.29) is 5.28 Å². The molecule has 2 aromatic rings. The fraction of sp³-hybridized carbons (Fsp3) is 0.545. The first-order valence-electron chi connectivity index (χ1n) is 6.27. The molecule has 0 N–H and O–H groups in total. The van der Waals surface area contributed by atoms with Crippen LogP contribution in [0, 0.1) is 0 Å². The molecule has 19 heavy (non-hydrogen) atoms.